The standard InChI is InChI=1S/C15H12BrClN2O3S/c1-7-13(16)8(2)19(14(7)15(20)21)6-9-5-10(22-18-9)11-3-4-12(17)23-11/h3-5H,6H2,1-2H3,(H,20,21). The van der Waals surface area contributed by atoms with Gasteiger partial charge >= 0.3 is 5.97 Å². The Morgan fingerprint density at radius 3 is 2.83 bits per heavy atom. The van der Waals surface area contributed by atoms with E-state index in [-0.39, 0.29) is 5.69 Å². The van der Waals surface area contributed by atoms with Crippen molar-refractivity contribution in [1.82, 2.24) is 9.72 Å². The predicted octanol–water partition coefficient (Wildman–Crippen LogP) is 4.98. The van der Waals surface area contributed by atoms with Gasteiger partial charge in [-0.05, 0) is 47.5 Å². The number of carboxylic acids is 1. The number of aromatic carboxylic acids is 1. The highest BCUT2D eigenvalue weighted by Gasteiger charge is 2.22. The average molecular weight is 416 g/mol. The van der Waals surface area contributed by atoms with E-state index in [1.54, 1.807) is 23.6 Å². The van der Waals surface area contributed by atoms with Crippen LogP contribution < -0.4 is 0 Å². The molecule has 0 amide bonds. The average Bonchev–Trinajstić information content (AvgIpc) is 3.17. The molecule has 3 heterocycles. The largest absolute Gasteiger partial charge is 0.477 e. The van der Waals surface area contributed by atoms with Crippen LogP contribution in [0.2, 0.25) is 4.34 Å². The summed E-state index contributed by atoms with van der Waals surface area (Å²) in [7, 11) is 0. The molecule has 0 radical (unpaired) electrons. The fourth-order valence-corrected chi connectivity index (χ4v) is 3.84. The highest BCUT2D eigenvalue weighted by molar-refractivity contribution is 9.10. The summed E-state index contributed by atoms with van der Waals surface area (Å²) < 4.78 is 8.52. The number of hydrogen-bond donors (Lipinski definition) is 1. The zero-order chi connectivity index (χ0) is 16.7. The second-order valence-corrected chi connectivity index (χ2v) is 7.56. The molecule has 0 aliphatic carbocycles. The van der Waals surface area contributed by atoms with Crippen molar-refractivity contribution < 1.29 is 14.4 Å². The number of aromatic nitrogens is 2. The van der Waals surface area contributed by atoms with Crippen LogP contribution in [0.25, 0.3) is 10.6 Å². The predicted molar refractivity (Wildman–Crippen MR) is 92.5 cm³/mol. The van der Waals surface area contributed by atoms with Crippen molar-refractivity contribution in [1.29, 1.82) is 0 Å². The van der Waals surface area contributed by atoms with Crippen molar-refractivity contribution in [3.8, 4) is 10.6 Å². The Hall–Kier alpha value is -1.57. The number of thiophene rings is 1. The summed E-state index contributed by atoms with van der Waals surface area (Å²) in [5.41, 5.74) is 2.43. The van der Waals surface area contributed by atoms with Crippen molar-refractivity contribution in [3.05, 3.63) is 49.7 Å². The summed E-state index contributed by atoms with van der Waals surface area (Å²) in [4.78, 5) is 12.4. The fraction of sp³-hybridized carbons (Fsp3) is 0.200. The van der Waals surface area contributed by atoms with E-state index in [4.69, 9.17) is 16.1 Å². The summed E-state index contributed by atoms with van der Waals surface area (Å²) in [6, 6.07) is 5.46. The van der Waals surface area contributed by atoms with Gasteiger partial charge in [0.25, 0.3) is 0 Å². The molecule has 8 heteroatoms. The fourth-order valence-electron chi connectivity index (χ4n) is 2.45. The van der Waals surface area contributed by atoms with Crippen molar-refractivity contribution in [2.24, 2.45) is 0 Å². The minimum atomic E-state index is -0.968. The Labute approximate surface area is 149 Å². The van der Waals surface area contributed by atoms with Crippen molar-refractivity contribution in [2.75, 3.05) is 0 Å². The summed E-state index contributed by atoms with van der Waals surface area (Å²) in [5, 5.41) is 13.5. The maximum Gasteiger partial charge on any atom is 0.352 e. The topological polar surface area (TPSA) is 68.3 Å². The number of carbonyl (C=O) groups is 1. The number of rotatable bonds is 4. The molecule has 0 saturated carbocycles. The first-order chi connectivity index (χ1) is 10.9. The monoisotopic (exact) mass is 414 g/mol. The van der Waals surface area contributed by atoms with Crippen molar-refractivity contribution in [3.63, 3.8) is 0 Å². The van der Waals surface area contributed by atoms with Crippen LogP contribution in [0.5, 0.6) is 0 Å². The molecule has 3 rings (SSSR count). The van der Waals surface area contributed by atoms with Gasteiger partial charge in [0.05, 0.1) is 15.8 Å². The zero-order valence-corrected chi connectivity index (χ0v) is 15.4. The second kappa shape index (κ2) is 6.14. The Morgan fingerprint density at radius 1 is 1.48 bits per heavy atom. The molecule has 0 aromatic carbocycles. The molecule has 0 spiro atoms. The van der Waals surface area contributed by atoms with Crippen LogP contribution >= 0.6 is 38.9 Å². The van der Waals surface area contributed by atoms with Gasteiger partial charge < -0.3 is 14.2 Å². The van der Waals surface area contributed by atoms with E-state index in [0.717, 1.165) is 15.0 Å². The molecular formula is C15H12BrClN2O3S. The van der Waals surface area contributed by atoms with Gasteiger partial charge in [0.15, 0.2) is 5.76 Å². The van der Waals surface area contributed by atoms with Crippen LogP contribution in [0.3, 0.4) is 0 Å². The molecule has 0 saturated heterocycles. The first-order valence-electron chi connectivity index (χ1n) is 6.68. The van der Waals surface area contributed by atoms with Crippen LogP contribution in [0.15, 0.2) is 27.2 Å². The van der Waals surface area contributed by atoms with Gasteiger partial charge in [-0.1, -0.05) is 16.8 Å². The number of halogens is 2. The minimum absolute atomic E-state index is 0.248. The molecule has 3 aromatic rings. The number of carboxylic acid groups (broad SMARTS) is 1. The minimum Gasteiger partial charge on any atom is -0.477 e. The molecule has 0 atom stereocenters. The molecular weight excluding hydrogens is 404 g/mol. The molecule has 0 fully saturated rings. The third-order valence-corrected chi connectivity index (χ3v) is 5.99. The maximum atomic E-state index is 11.5. The third-order valence-electron chi connectivity index (χ3n) is 3.57. The molecule has 0 aliphatic rings. The Balaban J connectivity index is 1.96. The van der Waals surface area contributed by atoms with Crippen molar-refractivity contribution in [2.45, 2.75) is 20.4 Å². The first kappa shape index (κ1) is 16.3. The van der Waals surface area contributed by atoms with E-state index in [1.807, 2.05) is 13.0 Å². The first-order valence-corrected chi connectivity index (χ1v) is 8.67. The molecule has 120 valence electrons. The van der Waals surface area contributed by atoms with E-state index in [1.165, 1.54) is 11.3 Å². The lowest BCUT2D eigenvalue weighted by Crippen LogP contribution is -2.12. The molecule has 23 heavy (non-hydrogen) atoms. The van der Waals surface area contributed by atoms with E-state index in [0.29, 0.717) is 27.9 Å². The number of nitrogens with zero attached hydrogens (tertiary/aromatic N) is 2. The van der Waals surface area contributed by atoms with E-state index in [9.17, 15) is 9.90 Å². The second-order valence-electron chi connectivity index (χ2n) is 5.05. The van der Waals surface area contributed by atoms with Crippen LogP contribution in [-0.4, -0.2) is 20.8 Å². The van der Waals surface area contributed by atoms with E-state index in [2.05, 4.69) is 21.1 Å². The lowest BCUT2D eigenvalue weighted by molar-refractivity contribution is 0.0684. The van der Waals surface area contributed by atoms with Crippen LogP contribution in [-0.2, 0) is 6.54 Å². The molecule has 5 nitrogen and oxygen atoms in total. The lowest BCUT2D eigenvalue weighted by Gasteiger charge is -2.06. The Morgan fingerprint density at radius 2 is 2.22 bits per heavy atom. The van der Waals surface area contributed by atoms with Crippen LogP contribution in [0.4, 0.5) is 0 Å². The Kier molecular flexibility index (Phi) is 4.35. The summed E-state index contributed by atoms with van der Waals surface area (Å²) in [5.74, 6) is -0.348. The third kappa shape index (κ3) is 2.96. The normalized spacial score (nSPS) is 11.1. The highest BCUT2D eigenvalue weighted by atomic mass is 79.9. The summed E-state index contributed by atoms with van der Waals surface area (Å²) >= 11 is 10.8. The summed E-state index contributed by atoms with van der Waals surface area (Å²) in [6.45, 7) is 3.96. The zero-order valence-electron chi connectivity index (χ0n) is 12.3. The van der Waals surface area contributed by atoms with Gasteiger partial charge in [0.2, 0.25) is 0 Å². The smallest absolute Gasteiger partial charge is 0.352 e. The SMILES string of the molecule is Cc1c(Br)c(C)n(Cc2cc(-c3ccc(Cl)s3)on2)c1C(=O)O. The molecule has 0 aliphatic heterocycles. The van der Waals surface area contributed by atoms with Gasteiger partial charge in [-0.2, -0.15) is 0 Å². The van der Waals surface area contributed by atoms with Gasteiger partial charge in [0, 0.05) is 16.2 Å². The quantitative estimate of drug-likeness (QED) is 0.652. The van der Waals surface area contributed by atoms with Crippen LogP contribution in [0.1, 0.15) is 27.4 Å². The van der Waals surface area contributed by atoms with Gasteiger partial charge in [-0.15, -0.1) is 11.3 Å². The Bertz CT molecular complexity index is 897. The van der Waals surface area contributed by atoms with Gasteiger partial charge in [-0.25, -0.2) is 4.79 Å². The van der Waals surface area contributed by atoms with Crippen molar-refractivity contribution >= 4 is 44.8 Å². The van der Waals surface area contributed by atoms with Gasteiger partial charge in [0.1, 0.15) is 11.4 Å². The number of hydrogen-bond acceptors (Lipinski definition) is 4. The molecule has 0 unspecified atom stereocenters. The van der Waals surface area contributed by atoms with Crippen LogP contribution in [0, 0.1) is 13.8 Å². The van der Waals surface area contributed by atoms with E-state index < -0.39 is 5.97 Å². The molecule has 3 aromatic heterocycles. The van der Waals surface area contributed by atoms with E-state index >= 15 is 0 Å². The molecule has 1 N–H and O–H groups in total. The lowest BCUT2D eigenvalue weighted by atomic mass is 10.2. The van der Waals surface area contributed by atoms with Gasteiger partial charge in [-0.3, -0.25) is 0 Å². The maximum absolute atomic E-state index is 11.5. The molecule has 0 bridgehead atoms. The highest BCUT2D eigenvalue weighted by Crippen LogP contribution is 2.32. The summed E-state index contributed by atoms with van der Waals surface area (Å²) in [6.07, 6.45) is 0.